The monoisotopic (exact) mass is 350 g/mol. The Morgan fingerprint density at radius 1 is 1.17 bits per heavy atom. The minimum absolute atomic E-state index is 0.461. The molecule has 2 atom stereocenters. The number of hydrogen-bond donors (Lipinski definition) is 3. The van der Waals surface area contributed by atoms with Crippen molar-refractivity contribution < 1.29 is 0 Å². The molecule has 0 spiro atoms. The fourth-order valence-electron chi connectivity index (χ4n) is 2.83. The predicted molar refractivity (Wildman–Crippen MR) is 104 cm³/mol. The number of hydrazine groups is 1. The Morgan fingerprint density at radius 3 is 2.57 bits per heavy atom. The van der Waals surface area contributed by atoms with Gasteiger partial charge < -0.3 is 10.6 Å². The van der Waals surface area contributed by atoms with Gasteiger partial charge >= 0.3 is 0 Å². The molecule has 0 unspecified atom stereocenters. The molecule has 1 aromatic rings. The van der Waals surface area contributed by atoms with Crippen LogP contribution in [0, 0.1) is 5.92 Å². The van der Waals surface area contributed by atoms with Crippen molar-refractivity contribution in [3.8, 4) is 0 Å². The van der Waals surface area contributed by atoms with E-state index in [1.54, 1.807) is 5.01 Å². The lowest BCUT2D eigenvalue weighted by Crippen LogP contribution is -2.54. The summed E-state index contributed by atoms with van der Waals surface area (Å²) in [6.45, 7) is 2.99. The van der Waals surface area contributed by atoms with Gasteiger partial charge in [0.25, 0.3) is 0 Å². The first-order valence-corrected chi connectivity index (χ1v) is 9.00. The van der Waals surface area contributed by atoms with Crippen molar-refractivity contribution in [2.24, 2.45) is 5.92 Å². The Kier molecular flexibility index (Phi) is 7.05. The number of thiocarbonyl (C=S) groups is 2. The van der Waals surface area contributed by atoms with Crippen molar-refractivity contribution in [1.29, 1.82) is 0 Å². The van der Waals surface area contributed by atoms with Crippen molar-refractivity contribution in [3.63, 3.8) is 0 Å². The van der Waals surface area contributed by atoms with E-state index in [0.717, 1.165) is 0 Å². The average molecular weight is 351 g/mol. The number of nitrogens with one attached hydrogen (secondary N) is 3. The van der Waals surface area contributed by atoms with Crippen LogP contribution in [0.25, 0.3) is 0 Å². The molecule has 0 heterocycles. The average Bonchev–Trinajstić information content (AvgIpc) is 2.55. The Balaban J connectivity index is 1.73. The lowest BCUT2D eigenvalue weighted by molar-refractivity contribution is 0.304. The summed E-state index contributed by atoms with van der Waals surface area (Å²) in [4.78, 5) is 0. The highest BCUT2D eigenvalue weighted by molar-refractivity contribution is 7.80. The van der Waals surface area contributed by atoms with Gasteiger partial charge in [-0.05, 0) is 48.8 Å². The lowest BCUT2D eigenvalue weighted by atomic mass is 9.86. The van der Waals surface area contributed by atoms with Crippen LogP contribution in [0.3, 0.4) is 0 Å². The predicted octanol–water partition coefficient (Wildman–Crippen LogP) is 2.95. The van der Waals surface area contributed by atoms with Crippen LogP contribution in [0.4, 0.5) is 0 Å². The first-order valence-electron chi connectivity index (χ1n) is 8.19. The molecule has 3 N–H and O–H groups in total. The van der Waals surface area contributed by atoms with Gasteiger partial charge in [0.2, 0.25) is 0 Å². The van der Waals surface area contributed by atoms with E-state index >= 15 is 0 Å². The minimum atomic E-state index is 0.461. The molecule has 0 radical (unpaired) electrons. The molecule has 1 aliphatic rings. The molecular weight excluding hydrogens is 324 g/mol. The van der Waals surface area contributed by atoms with Gasteiger partial charge in [-0.3, -0.25) is 10.4 Å². The van der Waals surface area contributed by atoms with E-state index in [9.17, 15) is 0 Å². The third-order valence-corrected chi connectivity index (χ3v) is 4.92. The first kappa shape index (κ1) is 17.9. The Morgan fingerprint density at radius 2 is 1.87 bits per heavy atom. The topological polar surface area (TPSA) is 39.3 Å². The molecule has 0 amide bonds. The van der Waals surface area contributed by atoms with Crippen molar-refractivity contribution in [3.05, 3.63) is 35.9 Å². The van der Waals surface area contributed by atoms with Crippen LogP contribution in [0.2, 0.25) is 0 Å². The Labute approximate surface area is 150 Å². The molecule has 1 aromatic carbocycles. The second kappa shape index (κ2) is 9.03. The molecule has 6 heteroatoms. The van der Waals surface area contributed by atoms with Crippen molar-refractivity contribution in [2.75, 3.05) is 7.05 Å². The summed E-state index contributed by atoms with van der Waals surface area (Å²) in [6.07, 6.45) is 5.06. The molecule has 126 valence electrons. The van der Waals surface area contributed by atoms with Gasteiger partial charge in [-0.15, -0.1) is 0 Å². The summed E-state index contributed by atoms with van der Waals surface area (Å²) in [5.74, 6) is 0.664. The maximum Gasteiger partial charge on any atom is 0.187 e. The minimum Gasteiger partial charge on any atom is -0.358 e. The van der Waals surface area contributed by atoms with E-state index in [1.165, 1.54) is 31.2 Å². The standard InChI is InChI=1S/C17H26N4S2/c1-13-8-6-7-11-15(13)19-16(22)20-21(2)17(23)18-12-14-9-4-3-5-10-14/h3-5,9-10,13,15H,6-8,11-12H2,1-2H3,(H,18,23)(H2,19,20,22)/t13-,15-/m0/s1. The largest absolute Gasteiger partial charge is 0.358 e. The van der Waals surface area contributed by atoms with Crippen LogP contribution in [0.5, 0.6) is 0 Å². The lowest BCUT2D eigenvalue weighted by Gasteiger charge is -2.32. The molecule has 0 bridgehead atoms. The molecule has 4 nitrogen and oxygen atoms in total. The van der Waals surface area contributed by atoms with Crippen molar-refractivity contribution in [1.82, 2.24) is 21.1 Å². The number of benzene rings is 1. The van der Waals surface area contributed by atoms with Gasteiger partial charge in [-0.2, -0.15) is 0 Å². The second-order valence-corrected chi connectivity index (χ2v) is 6.95. The zero-order valence-electron chi connectivity index (χ0n) is 13.8. The van der Waals surface area contributed by atoms with E-state index in [2.05, 4.69) is 35.1 Å². The van der Waals surface area contributed by atoms with Gasteiger partial charge in [0.05, 0.1) is 0 Å². The quantitative estimate of drug-likeness (QED) is 0.575. The molecule has 1 fully saturated rings. The van der Waals surface area contributed by atoms with Gasteiger partial charge in [0.1, 0.15) is 0 Å². The Hall–Kier alpha value is -1.40. The number of nitrogens with zero attached hydrogens (tertiary/aromatic N) is 1. The van der Waals surface area contributed by atoms with E-state index in [4.69, 9.17) is 24.4 Å². The summed E-state index contributed by atoms with van der Waals surface area (Å²) in [5, 5.41) is 9.65. The molecule has 0 saturated heterocycles. The highest BCUT2D eigenvalue weighted by Gasteiger charge is 2.22. The molecule has 0 aliphatic heterocycles. The maximum absolute atomic E-state index is 5.41. The Bertz CT molecular complexity index is 521. The van der Waals surface area contributed by atoms with Crippen LogP contribution in [0.1, 0.15) is 38.2 Å². The third kappa shape index (κ3) is 5.95. The van der Waals surface area contributed by atoms with E-state index in [0.29, 0.717) is 28.7 Å². The summed E-state index contributed by atoms with van der Waals surface area (Å²) >= 11 is 10.8. The molecule has 23 heavy (non-hydrogen) atoms. The van der Waals surface area contributed by atoms with Gasteiger partial charge in [0.15, 0.2) is 10.2 Å². The summed E-state index contributed by atoms with van der Waals surface area (Å²) < 4.78 is 0. The van der Waals surface area contributed by atoms with Crippen LogP contribution in [-0.4, -0.2) is 28.3 Å². The van der Waals surface area contributed by atoms with E-state index < -0.39 is 0 Å². The summed E-state index contributed by atoms with van der Waals surface area (Å²) in [6, 6.07) is 10.6. The molecular formula is C17H26N4S2. The van der Waals surface area contributed by atoms with Gasteiger partial charge in [-0.25, -0.2) is 0 Å². The van der Waals surface area contributed by atoms with Gasteiger partial charge in [0, 0.05) is 19.6 Å². The molecule has 2 rings (SSSR count). The fraction of sp³-hybridized carbons (Fsp3) is 0.529. The molecule has 0 aromatic heterocycles. The SMILES string of the molecule is C[C@H]1CCCC[C@@H]1NC(=S)NN(C)C(=S)NCc1ccccc1. The zero-order chi connectivity index (χ0) is 16.7. The highest BCUT2D eigenvalue weighted by Crippen LogP contribution is 2.23. The zero-order valence-corrected chi connectivity index (χ0v) is 15.5. The highest BCUT2D eigenvalue weighted by atomic mass is 32.1. The smallest absolute Gasteiger partial charge is 0.187 e. The summed E-state index contributed by atoms with van der Waals surface area (Å²) in [5.41, 5.74) is 4.33. The number of rotatable bonds is 3. The third-order valence-electron chi connectivity index (χ3n) is 4.29. The second-order valence-electron chi connectivity index (χ2n) is 6.16. The maximum atomic E-state index is 5.41. The number of hydrogen-bond acceptors (Lipinski definition) is 2. The van der Waals surface area contributed by atoms with E-state index in [-0.39, 0.29) is 0 Å². The molecule has 1 saturated carbocycles. The van der Waals surface area contributed by atoms with Crippen LogP contribution < -0.4 is 16.1 Å². The summed E-state index contributed by atoms with van der Waals surface area (Å²) in [7, 11) is 1.87. The van der Waals surface area contributed by atoms with Crippen LogP contribution >= 0.6 is 24.4 Å². The van der Waals surface area contributed by atoms with Crippen molar-refractivity contribution >= 4 is 34.7 Å². The van der Waals surface area contributed by atoms with Crippen LogP contribution in [0.15, 0.2) is 30.3 Å². The van der Waals surface area contributed by atoms with Crippen molar-refractivity contribution in [2.45, 2.75) is 45.2 Å². The van der Waals surface area contributed by atoms with Gasteiger partial charge in [-0.1, -0.05) is 50.1 Å². The normalized spacial score (nSPS) is 20.4. The van der Waals surface area contributed by atoms with Crippen LogP contribution in [-0.2, 0) is 6.54 Å². The molecule has 1 aliphatic carbocycles. The fourth-order valence-corrected chi connectivity index (χ4v) is 3.23. The van der Waals surface area contributed by atoms with E-state index in [1.807, 2.05) is 25.2 Å². The first-order chi connectivity index (χ1) is 11.1.